The second-order valence-electron chi connectivity index (χ2n) is 5.53. The van der Waals surface area contributed by atoms with E-state index in [-0.39, 0.29) is 17.7 Å². The van der Waals surface area contributed by atoms with E-state index in [1.54, 1.807) is 13.8 Å². The first-order chi connectivity index (χ1) is 12.9. The summed E-state index contributed by atoms with van der Waals surface area (Å²) < 4.78 is 3.17. The maximum Gasteiger partial charge on any atom is 0.490 e. The fraction of sp³-hybridized carbons (Fsp3) is 0.267. The Morgan fingerprint density at radius 3 is 2.96 bits per heavy atom. The van der Waals surface area contributed by atoms with Gasteiger partial charge in [-0.3, -0.25) is 4.79 Å². The van der Waals surface area contributed by atoms with E-state index in [0.29, 0.717) is 5.71 Å². The van der Waals surface area contributed by atoms with Crippen molar-refractivity contribution in [2.75, 3.05) is 0 Å². The fourth-order valence-electron chi connectivity index (χ4n) is 2.06. The molecule has 1 unspecified atom stereocenters. The van der Waals surface area contributed by atoms with Gasteiger partial charge >= 0.3 is 5.95 Å². The monoisotopic (exact) mass is 405 g/mol. The Kier molecular flexibility index (Phi) is 5.76. The first kappa shape index (κ1) is 18.9. The lowest BCUT2D eigenvalue weighted by molar-refractivity contribution is -0.394. The molecule has 0 aliphatic rings. The first-order valence-corrected chi connectivity index (χ1v) is 9.51. The maximum absolute atomic E-state index is 12.2. The summed E-state index contributed by atoms with van der Waals surface area (Å²) >= 11 is 2.90. The van der Waals surface area contributed by atoms with Gasteiger partial charge < -0.3 is 10.1 Å². The molecule has 2 heterocycles. The molecular weight excluding hydrogens is 390 g/mol. The highest BCUT2D eigenvalue weighted by Crippen LogP contribution is 2.31. The number of nitrogens with one attached hydrogen (secondary N) is 1. The predicted molar refractivity (Wildman–Crippen MR) is 103 cm³/mol. The van der Waals surface area contributed by atoms with Crippen LogP contribution in [-0.2, 0) is 11.3 Å². The van der Waals surface area contributed by atoms with Gasteiger partial charge in [-0.2, -0.15) is 9.78 Å². The Morgan fingerprint density at radius 2 is 2.26 bits per heavy atom. The van der Waals surface area contributed by atoms with Gasteiger partial charge in [0.15, 0.2) is 4.34 Å². The zero-order valence-electron chi connectivity index (χ0n) is 14.4. The SMILES string of the molecule is CC(Cn1cnc([N+](=O)[O-])n1)=NNC(=O)C(C)Sc1nc2ccccc2s1. The highest BCUT2D eigenvalue weighted by atomic mass is 32.2. The van der Waals surface area contributed by atoms with E-state index in [2.05, 4.69) is 25.6 Å². The van der Waals surface area contributed by atoms with Gasteiger partial charge in [0.1, 0.15) is 0 Å². The molecule has 1 aromatic carbocycles. The van der Waals surface area contributed by atoms with E-state index >= 15 is 0 Å². The number of amides is 1. The summed E-state index contributed by atoms with van der Waals surface area (Å²) in [6.07, 6.45) is 1.24. The molecule has 140 valence electrons. The number of nitrogens with zero attached hydrogens (tertiary/aromatic N) is 6. The van der Waals surface area contributed by atoms with Crippen LogP contribution in [0.1, 0.15) is 13.8 Å². The van der Waals surface area contributed by atoms with Crippen LogP contribution >= 0.6 is 23.1 Å². The minimum Gasteiger partial charge on any atom is -0.390 e. The van der Waals surface area contributed by atoms with Gasteiger partial charge in [-0.25, -0.2) is 10.4 Å². The molecule has 0 fully saturated rings. The number of carbonyl (C=O) groups excluding carboxylic acids is 1. The molecule has 3 rings (SSSR count). The minimum absolute atomic E-state index is 0.181. The number of para-hydroxylation sites is 1. The van der Waals surface area contributed by atoms with Gasteiger partial charge in [0.05, 0.1) is 27.7 Å². The van der Waals surface area contributed by atoms with Gasteiger partial charge in [0.2, 0.25) is 6.33 Å². The number of hydrazone groups is 1. The third kappa shape index (κ3) is 4.86. The van der Waals surface area contributed by atoms with E-state index in [1.807, 2.05) is 24.3 Å². The van der Waals surface area contributed by atoms with Crippen molar-refractivity contribution in [3.63, 3.8) is 0 Å². The highest BCUT2D eigenvalue weighted by molar-refractivity contribution is 8.02. The number of nitro groups is 1. The standard InChI is InChI=1S/C15H15N7O3S2/c1-9(7-21-8-16-14(20-21)22(24)25)18-19-13(23)10(2)26-15-17-11-5-3-4-6-12(11)27-15/h3-6,8,10H,7H2,1-2H3,(H,19,23). The van der Waals surface area contributed by atoms with Crippen LogP contribution in [0.5, 0.6) is 0 Å². The average Bonchev–Trinajstić information content (AvgIpc) is 3.25. The largest absolute Gasteiger partial charge is 0.490 e. The molecule has 0 bridgehead atoms. The quantitative estimate of drug-likeness (QED) is 0.277. The van der Waals surface area contributed by atoms with Crippen molar-refractivity contribution in [3.8, 4) is 0 Å². The first-order valence-electron chi connectivity index (χ1n) is 7.81. The summed E-state index contributed by atoms with van der Waals surface area (Å²) in [6.45, 7) is 3.64. The summed E-state index contributed by atoms with van der Waals surface area (Å²) in [5.41, 5.74) is 3.93. The van der Waals surface area contributed by atoms with Crippen molar-refractivity contribution in [3.05, 3.63) is 40.7 Å². The molecule has 1 N–H and O–H groups in total. The smallest absolute Gasteiger partial charge is 0.390 e. The second kappa shape index (κ2) is 8.22. The van der Waals surface area contributed by atoms with Gasteiger partial charge in [0, 0.05) is 5.10 Å². The van der Waals surface area contributed by atoms with Crippen molar-refractivity contribution >= 4 is 50.9 Å². The predicted octanol–water partition coefficient (Wildman–Crippen LogP) is 2.47. The third-order valence-electron chi connectivity index (χ3n) is 3.36. The molecule has 1 amide bonds. The summed E-state index contributed by atoms with van der Waals surface area (Å²) in [4.78, 5) is 30.2. The number of benzene rings is 1. The molecule has 3 aromatic rings. The number of fused-ring (bicyclic) bond motifs is 1. The van der Waals surface area contributed by atoms with E-state index < -0.39 is 10.9 Å². The zero-order valence-corrected chi connectivity index (χ0v) is 16.0. The van der Waals surface area contributed by atoms with E-state index in [1.165, 1.54) is 34.1 Å². The molecule has 1 atom stereocenters. The lowest BCUT2D eigenvalue weighted by atomic mass is 10.3. The summed E-state index contributed by atoms with van der Waals surface area (Å²) in [6, 6.07) is 7.80. The highest BCUT2D eigenvalue weighted by Gasteiger charge is 2.17. The van der Waals surface area contributed by atoms with Gasteiger partial charge in [-0.05, 0) is 30.9 Å². The lowest BCUT2D eigenvalue weighted by Gasteiger charge is -2.07. The normalized spacial score (nSPS) is 12.9. The number of thiazole rings is 1. The molecule has 0 aliphatic carbocycles. The Morgan fingerprint density at radius 1 is 1.48 bits per heavy atom. The minimum atomic E-state index is -0.675. The molecule has 0 saturated heterocycles. The Hall–Kier alpha value is -2.86. The summed E-state index contributed by atoms with van der Waals surface area (Å²) in [5.74, 6) is -0.740. The molecule has 27 heavy (non-hydrogen) atoms. The number of aromatic nitrogens is 4. The van der Waals surface area contributed by atoms with Crippen molar-refractivity contribution < 1.29 is 9.72 Å². The Labute approximate surface area is 161 Å². The number of hydrogen-bond donors (Lipinski definition) is 1. The maximum atomic E-state index is 12.2. The van der Waals surface area contributed by atoms with Crippen molar-refractivity contribution in [1.82, 2.24) is 25.2 Å². The van der Waals surface area contributed by atoms with E-state index in [0.717, 1.165) is 14.6 Å². The fourth-order valence-corrected chi connectivity index (χ4v) is 4.27. The van der Waals surface area contributed by atoms with Gasteiger partial charge in [-0.1, -0.05) is 28.9 Å². The van der Waals surface area contributed by atoms with Crippen LogP contribution in [-0.4, -0.2) is 41.5 Å². The van der Waals surface area contributed by atoms with Crippen LogP contribution in [0.3, 0.4) is 0 Å². The summed E-state index contributed by atoms with van der Waals surface area (Å²) in [5, 5.41) is 17.9. The molecule has 0 spiro atoms. The van der Waals surface area contributed by atoms with Gasteiger partial charge in [-0.15, -0.1) is 11.3 Å². The van der Waals surface area contributed by atoms with Crippen LogP contribution in [0.25, 0.3) is 10.2 Å². The van der Waals surface area contributed by atoms with Crippen LogP contribution in [0.15, 0.2) is 40.0 Å². The molecule has 2 aromatic heterocycles. The molecule has 0 aliphatic heterocycles. The van der Waals surface area contributed by atoms with E-state index in [4.69, 9.17) is 0 Å². The van der Waals surface area contributed by atoms with E-state index in [9.17, 15) is 14.9 Å². The van der Waals surface area contributed by atoms with Crippen LogP contribution in [0.2, 0.25) is 0 Å². The molecular formula is C15H15N7O3S2. The van der Waals surface area contributed by atoms with Crippen LogP contribution in [0.4, 0.5) is 5.95 Å². The van der Waals surface area contributed by atoms with Gasteiger partial charge in [0.25, 0.3) is 5.91 Å². The number of rotatable bonds is 7. The van der Waals surface area contributed by atoms with Crippen LogP contribution in [0, 0.1) is 10.1 Å². The Bertz CT molecular complexity index is 981. The average molecular weight is 405 g/mol. The Balaban J connectivity index is 1.55. The number of thioether (sulfide) groups is 1. The van der Waals surface area contributed by atoms with Crippen molar-refractivity contribution in [2.24, 2.45) is 5.10 Å². The summed E-state index contributed by atoms with van der Waals surface area (Å²) in [7, 11) is 0. The third-order valence-corrected chi connectivity index (χ3v) is 5.59. The molecule has 10 nitrogen and oxygen atoms in total. The zero-order chi connectivity index (χ0) is 19.4. The number of carbonyl (C=O) groups is 1. The lowest BCUT2D eigenvalue weighted by Crippen LogP contribution is -2.28. The van der Waals surface area contributed by atoms with Crippen molar-refractivity contribution in [1.29, 1.82) is 0 Å². The topological polar surface area (TPSA) is 128 Å². The van der Waals surface area contributed by atoms with Crippen molar-refractivity contribution in [2.45, 2.75) is 30.0 Å². The second-order valence-corrected chi connectivity index (χ2v) is 8.15. The molecule has 0 saturated carbocycles. The number of hydrogen-bond acceptors (Lipinski definition) is 9. The van der Waals surface area contributed by atoms with Crippen LogP contribution < -0.4 is 5.43 Å². The molecule has 12 heteroatoms. The molecule has 0 radical (unpaired) electrons.